The third kappa shape index (κ3) is 6.08. The molecule has 0 spiro atoms. The number of carbonyl (C=O) groups is 2. The van der Waals surface area contributed by atoms with E-state index in [-0.39, 0.29) is 30.9 Å². The number of carbonyl (C=O) groups excluding carboxylic acids is 2. The van der Waals surface area contributed by atoms with E-state index in [4.69, 9.17) is 11.6 Å². The number of halogens is 1. The van der Waals surface area contributed by atoms with Crippen LogP contribution in [0.3, 0.4) is 0 Å². The van der Waals surface area contributed by atoms with E-state index < -0.39 is 6.04 Å². The Morgan fingerprint density at radius 3 is 2.26 bits per heavy atom. The van der Waals surface area contributed by atoms with Crippen LogP contribution in [-0.4, -0.2) is 41.0 Å². The van der Waals surface area contributed by atoms with Crippen molar-refractivity contribution in [2.24, 2.45) is 5.92 Å². The quantitative estimate of drug-likeness (QED) is 0.730. The lowest BCUT2D eigenvalue weighted by molar-refractivity contribution is -0.135. The monoisotopic (exact) mass is 388 g/mol. The molecule has 27 heavy (non-hydrogen) atoms. The first-order valence-corrected chi connectivity index (χ1v) is 9.30. The summed E-state index contributed by atoms with van der Waals surface area (Å²) in [4.78, 5) is 27.2. The number of nitrogens with one attached hydrogen (secondary N) is 1. The van der Waals surface area contributed by atoms with E-state index >= 15 is 0 Å². The Bertz CT molecular complexity index is 748. The number of hydrogen-bond donors (Lipinski definition) is 2. The number of aliphatic hydroxyl groups is 1. The SMILES string of the molecule is CC(C)C(NC(=O)c1ccc(Cl)cc1)C(=O)N(CCO)Cc1ccccc1. The molecule has 2 aromatic rings. The molecule has 5 nitrogen and oxygen atoms in total. The van der Waals surface area contributed by atoms with Gasteiger partial charge in [0.2, 0.25) is 5.91 Å². The molecule has 0 aliphatic heterocycles. The molecule has 1 unspecified atom stereocenters. The zero-order valence-electron chi connectivity index (χ0n) is 15.6. The summed E-state index contributed by atoms with van der Waals surface area (Å²) >= 11 is 5.86. The van der Waals surface area contributed by atoms with Crippen LogP contribution >= 0.6 is 11.6 Å². The number of nitrogens with zero attached hydrogens (tertiary/aromatic N) is 1. The molecule has 1 atom stereocenters. The number of hydrogen-bond acceptors (Lipinski definition) is 3. The summed E-state index contributed by atoms with van der Waals surface area (Å²) in [5.41, 5.74) is 1.40. The zero-order chi connectivity index (χ0) is 19.8. The topological polar surface area (TPSA) is 69.6 Å². The second-order valence-electron chi connectivity index (χ2n) is 6.67. The van der Waals surface area contributed by atoms with Gasteiger partial charge >= 0.3 is 0 Å². The predicted molar refractivity (Wildman–Crippen MR) is 106 cm³/mol. The number of amides is 2. The molecule has 0 saturated heterocycles. The minimum Gasteiger partial charge on any atom is -0.395 e. The van der Waals surface area contributed by atoms with Crippen LogP contribution in [0.4, 0.5) is 0 Å². The first kappa shape index (κ1) is 20.9. The minimum absolute atomic E-state index is 0.106. The van der Waals surface area contributed by atoms with Gasteiger partial charge in [-0.1, -0.05) is 55.8 Å². The molecule has 6 heteroatoms. The zero-order valence-corrected chi connectivity index (χ0v) is 16.3. The molecule has 0 radical (unpaired) electrons. The Morgan fingerprint density at radius 1 is 1.07 bits per heavy atom. The van der Waals surface area contributed by atoms with Gasteiger partial charge in [-0.05, 0) is 35.7 Å². The Morgan fingerprint density at radius 2 is 1.70 bits per heavy atom. The summed E-state index contributed by atoms with van der Waals surface area (Å²) in [5, 5.41) is 12.7. The molecule has 2 rings (SSSR count). The molecule has 0 aliphatic rings. The highest BCUT2D eigenvalue weighted by Gasteiger charge is 2.28. The van der Waals surface area contributed by atoms with E-state index in [2.05, 4.69) is 5.32 Å². The Balaban J connectivity index is 2.15. The van der Waals surface area contributed by atoms with Gasteiger partial charge in [0.1, 0.15) is 6.04 Å². The Hall–Kier alpha value is -2.37. The van der Waals surface area contributed by atoms with Crippen LogP contribution in [-0.2, 0) is 11.3 Å². The van der Waals surface area contributed by atoms with E-state index in [1.54, 1.807) is 29.2 Å². The highest BCUT2D eigenvalue weighted by molar-refractivity contribution is 6.30. The van der Waals surface area contributed by atoms with Crippen molar-refractivity contribution in [3.8, 4) is 0 Å². The first-order chi connectivity index (χ1) is 12.9. The van der Waals surface area contributed by atoms with Gasteiger partial charge < -0.3 is 15.3 Å². The predicted octanol–water partition coefficient (Wildman–Crippen LogP) is 3.12. The molecule has 2 aromatic carbocycles. The van der Waals surface area contributed by atoms with E-state index in [9.17, 15) is 14.7 Å². The third-order valence-corrected chi connectivity index (χ3v) is 4.48. The van der Waals surface area contributed by atoms with Crippen molar-refractivity contribution in [2.75, 3.05) is 13.2 Å². The van der Waals surface area contributed by atoms with Crippen molar-refractivity contribution < 1.29 is 14.7 Å². The Kier molecular flexibility index (Phi) is 7.82. The van der Waals surface area contributed by atoms with Crippen molar-refractivity contribution >= 4 is 23.4 Å². The minimum atomic E-state index is -0.691. The lowest BCUT2D eigenvalue weighted by Gasteiger charge is -2.29. The van der Waals surface area contributed by atoms with Crippen molar-refractivity contribution in [3.63, 3.8) is 0 Å². The normalized spacial score (nSPS) is 11.9. The summed E-state index contributed by atoms with van der Waals surface area (Å²) in [6, 6.07) is 15.4. The van der Waals surface area contributed by atoms with Crippen LogP contribution in [0.25, 0.3) is 0 Å². The van der Waals surface area contributed by atoms with E-state index in [1.807, 2.05) is 44.2 Å². The van der Waals surface area contributed by atoms with Gasteiger partial charge in [-0.25, -0.2) is 0 Å². The Labute approximate surface area is 165 Å². The number of benzene rings is 2. The fraction of sp³-hybridized carbons (Fsp3) is 0.333. The highest BCUT2D eigenvalue weighted by Crippen LogP contribution is 2.13. The van der Waals surface area contributed by atoms with Crippen molar-refractivity contribution in [2.45, 2.75) is 26.4 Å². The van der Waals surface area contributed by atoms with Crippen LogP contribution in [0.5, 0.6) is 0 Å². The largest absolute Gasteiger partial charge is 0.395 e. The molecular weight excluding hydrogens is 364 g/mol. The van der Waals surface area contributed by atoms with E-state index in [0.717, 1.165) is 5.56 Å². The fourth-order valence-electron chi connectivity index (χ4n) is 2.73. The smallest absolute Gasteiger partial charge is 0.251 e. The molecule has 0 heterocycles. The lowest BCUT2D eigenvalue weighted by atomic mass is 10.0. The number of rotatable bonds is 8. The van der Waals surface area contributed by atoms with Gasteiger partial charge in [0, 0.05) is 23.7 Å². The maximum Gasteiger partial charge on any atom is 0.251 e. The molecule has 0 fully saturated rings. The maximum absolute atomic E-state index is 13.1. The van der Waals surface area contributed by atoms with Crippen LogP contribution in [0.15, 0.2) is 54.6 Å². The third-order valence-electron chi connectivity index (χ3n) is 4.22. The second kappa shape index (κ2) is 10.1. The van der Waals surface area contributed by atoms with Gasteiger partial charge in [0.05, 0.1) is 6.61 Å². The van der Waals surface area contributed by atoms with Crippen LogP contribution < -0.4 is 5.32 Å². The van der Waals surface area contributed by atoms with Gasteiger partial charge in [-0.15, -0.1) is 0 Å². The molecule has 0 aliphatic carbocycles. The molecule has 0 bridgehead atoms. The fourth-order valence-corrected chi connectivity index (χ4v) is 2.85. The van der Waals surface area contributed by atoms with E-state index in [1.165, 1.54) is 0 Å². The average Bonchev–Trinajstić information content (AvgIpc) is 2.66. The van der Waals surface area contributed by atoms with Crippen molar-refractivity contribution in [3.05, 3.63) is 70.7 Å². The van der Waals surface area contributed by atoms with Gasteiger partial charge in [0.25, 0.3) is 5.91 Å². The lowest BCUT2D eigenvalue weighted by Crippen LogP contribution is -2.51. The average molecular weight is 389 g/mol. The summed E-state index contributed by atoms with van der Waals surface area (Å²) in [6.07, 6.45) is 0. The summed E-state index contributed by atoms with van der Waals surface area (Å²) < 4.78 is 0. The van der Waals surface area contributed by atoms with Crippen molar-refractivity contribution in [1.82, 2.24) is 10.2 Å². The summed E-state index contributed by atoms with van der Waals surface area (Å²) in [5.74, 6) is -0.654. The summed E-state index contributed by atoms with van der Waals surface area (Å²) in [7, 11) is 0. The van der Waals surface area contributed by atoms with Crippen LogP contribution in [0, 0.1) is 5.92 Å². The molecule has 0 saturated carbocycles. The molecule has 2 amide bonds. The van der Waals surface area contributed by atoms with Crippen molar-refractivity contribution in [1.29, 1.82) is 0 Å². The van der Waals surface area contributed by atoms with Gasteiger partial charge in [0.15, 0.2) is 0 Å². The molecular formula is C21H25ClN2O3. The van der Waals surface area contributed by atoms with Crippen LogP contribution in [0.1, 0.15) is 29.8 Å². The molecule has 0 aromatic heterocycles. The van der Waals surface area contributed by atoms with E-state index in [0.29, 0.717) is 17.1 Å². The molecule has 144 valence electrons. The molecule has 2 N–H and O–H groups in total. The highest BCUT2D eigenvalue weighted by atomic mass is 35.5. The standard InChI is InChI=1S/C21H25ClN2O3/c1-15(2)19(23-20(26)17-8-10-18(22)11-9-17)21(27)24(12-13-25)14-16-6-4-3-5-7-16/h3-11,15,19,25H,12-14H2,1-2H3,(H,23,26). The van der Waals surface area contributed by atoms with Crippen LogP contribution in [0.2, 0.25) is 5.02 Å². The summed E-state index contributed by atoms with van der Waals surface area (Å²) in [6.45, 7) is 4.19. The number of aliphatic hydroxyl groups excluding tert-OH is 1. The second-order valence-corrected chi connectivity index (χ2v) is 7.11. The van der Waals surface area contributed by atoms with Gasteiger partial charge in [-0.2, -0.15) is 0 Å². The van der Waals surface area contributed by atoms with Gasteiger partial charge in [-0.3, -0.25) is 9.59 Å². The first-order valence-electron chi connectivity index (χ1n) is 8.92. The maximum atomic E-state index is 13.1.